The summed E-state index contributed by atoms with van der Waals surface area (Å²) in [4.78, 5) is 12.8. The van der Waals surface area contributed by atoms with Crippen molar-refractivity contribution < 1.29 is 9.18 Å². The molecule has 1 fully saturated rings. The van der Waals surface area contributed by atoms with Crippen LogP contribution in [0.3, 0.4) is 0 Å². The number of nitrogens with zero attached hydrogens (tertiary/aromatic N) is 2. The van der Waals surface area contributed by atoms with Crippen LogP contribution >= 0.6 is 12.4 Å². The molecule has 1 aliphatic heterocycles. The molecule has 2 aromatic rings. The third-order valence-corrected chi connectivity index (χ3v) is 4.77. The monoisotopic (exact) mass is 380 g/mol. The minimum Gasteiger partial charge on any atom is -0.349 e. The molecule has 1 aromatic heterocycles. The fourth-order valence-corrected chi connectivity index (χ4v) is 3.35. The Hall–Kier alpha value is -1.92. The number of halogens is 2. The molecule has 1 saturated heterocycles. The first-order valence-electron chi connectivity index (χ1n) is 8.82. The zero-order valence-corrected chi connectivity index (χ0v) is 16.1. The van der Waals surface area contributed by atoms with Gasteiger partial charge in [-0.2, -0.15) is 5.10 Å². The average molecular weight is 381 g/mol. The van der Waals surface area contributed by atoms with Crippen LogP contribution in [0.4, 0.5) is 4.39 Å². The minimum atomic E-state index is -0.292. The first kappa shape index (κ1) is 20.4. The predicted octanol–water partition coefficient (Wildman–Crippen LogP) is 3.28. The van der Waals surface area contributed by atoms with Crippen LogP contribution in [0.5, 0.6) is 0 Å². The number of hydrogen-bond acceptors (Lipinski definition) is 3. The van der Waals surface area contributed by atoms with Gasteiger partial charge in [0.25, 0.3) is 5.91 Å². The zero-order chi connectivity index (χ0) is 18.0. The van der Waals surface area contributed by atoms with E-state index in [2.05, 4.69) is 22.7 Å². The van der Waals surface area contributed by atoms with Crippen molar-refractivity contribution in [3.05, 3.63) is 47.5 Å². The SMILES string of the molecule is CC(C)c1c(C(=O)NC2CCNCC2C)cnn1-c1ccc(F)cc1.Cl. The van der Waals surface area contributed by atoms with E-state index in [1.807, 2.05) is 13.8 Å². The lowest BCUT2D eigenvalue weighted by atomic mass is 9.94. The average Bonchev–Trinajstić information content (AvgIpc) is 3.03. The largest absolute Gasteiger partial charge is 0.349 e. The molecule has 1 aliphatic rings. The lowest BCUT2D eigenvalue weighted by Gasteiger charge is -2.30. The van der Waals surface area contributed by atoms with Gasteiger partial charge in [0, 0.05) is 6.04 Å². The van der Waals surface area contributed by atoms with Gasteiger partial charge in [-0.1, -0.05) is 20.8 Å². The third-order valence-electron chi connectivity index (χ3n) is 4.77. The van der Waals surface area contributed by atoms with Crippen LogP contribution in [0.15, 0.2) is 30.5 Å². The van der Waals surface area contributed by atoms with Gasteiger partial charge in [-0.3, -0.25) is 4.79 Å². The number of hydrogen-bond donors (Lipinski definition) is 2. The van der Waals surface area contributed by atoms with Gasteiger partial charge in [0.2, 0.25) is 0 Å². The Kier molecular flexibility index (Phi) is 6.78. The number of rotatable bonds is 4. The van der Waals surface area contributed by atoms with Crippen molar-refractivity contribution in [2.45, 2.75) is 39.2 Å². The molecular weight excluding hydrogens is 355 g/mol. The van der Waals surface area contributed by atoms with Gasteiger partial charge >= 0.3 is 0 Å². The van der Waals surface area contributed by atoms with Crippen LogP contribution < -0.4 is 10.6 Å². The second-order valence-electron chi connectivity index (χ2n) is 7.04. The third kappa shape index (κ3) is 4.24. The van der Waals surface area contributed by atoms with Gasteiger partial charge in [-0.15, -0.1) is 12.4 Å². The van der Waals surface area contributed by atoms with Gasteiger partial charge in [0.05, 0.1) is 23.1 Å². The molecule has 2 heterocycles. The summed E-state index contributed by atoms with van der Waals surface area (Å²) in [6.07, 6.45) is 2.54. The molecule has 1 amide bonds. The molecule has 2 unspecified atom stereocenters. The molecule has 5 nitrogen and oxygen atoms in total. The lowest BCUT2D eigenvalue weighted by molar-refractivity contribution is 0.0913. The molecule has 2 N–H and O–H groups in total. The van der Waals surface area contributed by atoms with Crippen LogP contribution in [0.25, 0.3) is 5.69 Å². The lowest BCUT2D eigenvalue weighted by Crippen LogP contribution is -2.48. The summed E-state index contributed by atoms with van der Waals surface area (Å²) < 4.78 is 14.9. The number of carbonyl (C=O) groups is 1. The van der Waals surface area contributed by atoms with Crippen molar-refractivity contribution in [2.75, 3.05) is 13.1 Å². The smallest absolute Gasteiger partial charge is 0.255 e. The summed E-state index contributed by atoms with van der Waals surface area (Å²) in [6, 6.07) is 6.31. The van der Waals surface area contributed by atoms with E-state index in [1.54, 1.807) is 23.0 Å². The molecule has 0 radical (unpaired) electrons. The second-order valence-corrected chi connectivity index (χ2v) is 7.04. The zero-order valence-electron chi connectivity index (χ0n) is 15.3. The maximum absolute atomic E-state index is 13.2. The Labute approximate surface area is 159 Å². The highest BCUT2D eigenvalue weighted by Gasteiger charge is 2.26. The first-order valence-corrected chi connectivity index (χ1v) is 8.82. The predicted molar refractivity (Wildman–Crippen MR) is 103 cm³/mol. The Balaban J connectivity index is 0.00000243. The topological polar surface area (TPSA) is 59.0 Å². The van der Waals surface area contributed by atoms with Crippen molar-refractivity contribution in [3.8, 4) is 5.69 Å². The molecule has 0 aliphatic carbocycles. The van der Waals surface area contributed by atoms with Crippen LogP contribution in [-0.2, 0) is 0 Å². The summed E-state index contributed by atoms with van der Waals surface area (Å²) >= 11 is 0. The number of piperidine rings is 1. The molecule has 0 bridgehead atoms. The van der Waals surface area contributed by atoms with Crippen molar-refractivity contribution >= 4 is 18.3 Å². The van der Waals surface area contributed by atoms with Crippen LogP contribution in [0.1, 0.15) is 49.2 Å². The van der Waals surface area contributed by atoms with E-state index >= 15 is 0 Å². The highest BCUT2D eigenvalue weighted by molar-refractivity contribution is 5.95. The molecule has 142 valence electrons. The number of nitrogens with one attached hydrogen (secondary N) is 2. The quantitative estimate of drug-likeness (QED) is 0.855. The fourth-order valence-electron chi connectivity index (χ4n) is 3.35. The molecule has 0 saturated carbocycles. The number of aromatic nitrogens is 2. The molecule has 2 atom stereocenters. The highest BCUT2D eigenvalue weighted by Crippen LogP contribution is 2.24. The van der Waals surface area contributed by atoms with Crippen molar-refractivity contribution in [1.82, 2.24) is 20.4 Å². The summed E-state index contributed by atoms with van der Waals surface area (Å²) in [6.45, 7) is 8.03. The summed E-state index contributed by atoms with van der Waals surface area (Å²) in [5.41, 5.74) is 2.18. The maximum atomic E-state index is 13.2. The normalized spacial score (nSPS) is 19.9. The van der Waals surface area contributed by atoms with Crippen LogP contribution in [0.2, 0.25) is 0 Å². The van der Waals surface area contributed by atoms with E-state index in [1.165, 1.54) is 12.1 Å². The first-order chi connectivity index (χ1) is 12.0. The Morgan fingerprint density at radius 3 is 2.65 bits per heavy atom. The Bertz CT molecular complexity index is 744. The van der Waals surface area contributed by atoms with Crippen LogP contribution in [-0.4, -0.2) is 34.8 Å². The summed E-state index contributed by atoms with van der Waals surface area (Å²) in [5.74, 6) is 0.127. The number of amides is 1. The Morgan fingerprint density at radius 1 is 1.35 bits per heavy atom. The second kappa shape index (κ2) is 8.64. The molecule has 1 aromatic carbocycles. The number of benzene rings is 1. The highest BCUT2D eigenvalue weighted by atomic mass is 35.5. The van der Waals surface area contributed by atoms with Crippen molar-refractivity contribution in [3.63, 3.8) is 0 Å². The number of carbonyl (C=O) groups excluding carboxylic acids is 1. The summed E-state index contributed by atoms with van der Waals surface area (Å²) in [7, 11) is 0. The van der Waals surface area contributed by atoms with E-state index in [0.29, 0.717) is 11.5 Å². The van der Waals surface area contributed by atoms with Crippen LogP contribution in [0, 0.1) is 11.7 Å². The van der Waals surface area contributed by atoms with Crippen molar-refractivity contribution in [2.24, 2.45) is 5.92 Å². The maximum Gasteiger partial charge on any atom is 0.255 e. The van der Waals surface area contributed by atoms with E-state index in [9.17, 15) is 9.18 Å². The molecule has 0 spiro atoms. The minimum absolute atomic E-state index is 0. The molecular formula is C19H26ClFN4O. The van der Waals surface area contributed by atoms with Gasteiger partial charge in [-0.25, -0.2) is 9.07 Å². The van der Waals surface area contributed by atoms with E-state index in [0.717, 1.165) is 30.9 Å². The van der Waals surface area contributed by atoms with E-state index < -0.39 is 0 Å². The molecule has 26 heavy (non-hydrogen) atoms. The van der Waals surface area contributed by atoms with E-state index in [-0.39, 0.29) is 36.1 Å². The van der Waals surface area contributed by atoms with E-state index in [4.69, 9.17) is 0 Å². The van der Waals surface area contributed by atoms with Gasteiger partial charge in [0.1, 0.15) is 5.82 Å². The summed E-state index contributed by atoms with van der Waals surface area (Å²) in [5, 5.41) is 10.9. The molecule has 7 heteroatoms. The van der Waals surface area contributed by atoms with Gasteiger partial charge < -0.3 is 10.6 Å². The standard InChI is InChI=1S/C19H25FN4O.ClH/c1-12(2)18-16(19(25)23-17-8-9-21-10-13(17)3)11-22-24(18)15-6-4-14(20)5-7-15;/h4-7,11-13,17,21H,8-10H2,1-3H3,(H,23,25);1H. The van der Waals surface area contributed by atoms with Gasteiger partial charge in [0.15, 0.2) is 0 Å². The fraction of sp³-hybridized carbons (Fsp3) is 0.474. The molecule has 3 rings (SSSR count). The Morgan fingerprint density at radius 2 is 2.04 bits per heavy atom. The van der Waals surface area contributed by atoms with Crippen molar-refractivity contribution in [1.29, 1.82) is 0 Å². The van der Waals surface area contributed by atoms with Gasteiger partial charge in [-0.05, 0) is 55.6 Å².